The van der Waals surface area contributed by atoms with Crippen molar-refractivity contribution in [1.29, 1.82) is 0 Å². The highest BCUT2D eigenvalue weighted by atomic mass is 16.1. The lowest BCUT2D eigenvalue weighted by atomic mass is 9.87. The second kappa shape index (κ2) is 3.29. The molecule has 0 aromatic carbocycles. The van der Waals surface area contributed by atoms with E-state index >= 15 is 0 Å². The Morgan fingerprint density at radius 3 is 2.56 bits per heavy atom. The van der Waals surface area contributed by atoms with Gasteiger partial charge < -0.3 is 0 Å². The number of carbonyl (C=O) groups excluding carboxylic acids is 1. The zero-order chi connectivity index (χ0) is 12.0. The van der Waals surface area contributed by atoms with Gasteiger partial charge in [0, 0.05) is 24.2 Å². The van der Waals surface area contributed by atoms with E-state index in [4.69, 9.17) is 0 Å². The van der Waals surface area contributed by atoms with Crippen LogP contribution in [0.5, 0.6) is 0 Å². The molecule has 16 heavy (non-hydrogen) atoms. The molecular formula is C12H17N3O. The van der Waals surface area contributed by atoms with Gasteiger partial charge in [-0.25, -0.2) is 4.79 Å². The average molecular weight is 219 g/mol. The van der Waals surface area contributed by atoms with Crippen molar-refractivity contribution in [3.05, 3.63) is 17.5 Å². The first-order chi connectivity index (χ1) is 7.39. The molecule has 1 aromatic rings. The summed E-state index contributed by atoms with van der Waals surface area (Å²) in [5.74, 6) is 0. The van der Waals surface area contributed by atoms with Gasteiger partial charge in [-0.1, -0.05) is 20.8 Å². The second-order valence-corrected chi connectivity index (χ2v) is 5.55. The molecule has 0 bridgehead atoms. The molecule has 1 fully saturated rings. The smallest absolute Gasteiger partial charge is 0.235 e. The van der Waals surface area contributed by atoms with Crippen molar-refractivity contribution in [3.8, 4) is 0 Å². The molecule has 0 atom stereocenters. The predicted octanol–water partition coefficient (Wildman–Crippen LogP) is 2.04. The van der Waals surface area contributed by atoms with Crippen LogP contribution in [0.4, 0.5) is 0 Å². The Morgan fingerprint density at radius 1 is 1.50 bits per heavy atom. The Kier molecular flexibility index (Phi) is 2.28. The zero-order valence-corrected chi connectivity index (χ0v) is 10.2. The summed E-state index contributed by atoms with van der Waals surface area (Å²) in [7, 11) is 1.90. The van der Waals surface area contributed by atoms with E-state index in [1.165, 1.54) is 0 Å². The van der Waals surface area contributed by atoms with Crippen molar-refractivity contribution in [1.82, 2.24) is 9.78 Å². The fourth-order valence-electron chi connectivity index (χ4n) is 2.03. The van der Waals surface area contributed by atoms with Crippen LogP contribution >= 0.6 is 0 Å². The molecule has 1 aliphatic carbocycles. The number of aromatic nitrogens is 2. The fourth-order valence-corrected chi connectivity index (χ4v) is 2.03. The van der Waals surface area contributed by atoms with E-state index in [1.807, 2.05) is 13.2 Å². The molecule has 0 radical (unpaired) electrons. The van der Waals surface area contributed by atoms with Gasteiger partial charge in [-0.3, -0.25) is 4.68 Å². The molecule has 1 saturated carbocycles. The van der Waals surface area contributed by atoms with Crippen LogP contribution in [0.1, 0.15) is 44.9 Å². The van der Waals surface area contributed by atoms with Crippen LogP contribution in [0.2, 0.25) is 0 Å². The summed E-state index contributed by atoms with van der Waals surface area (Å²) in [5, 5.41) is 4.50. The number of isocyanates is 1. The lowest BCUT2D eigenvalue weighted by molar-refractivity contribution is 0.534. The van der Waals surface area contributed by atoms with E-state index in [2.05, 4.69) is 30.9 Å². The van der Waals surface area contributed by atoms with Crippen LogP contribution in [-0.2, 0) is 22.8 Å². The standard InChI is InChI=1S/C12H17N3O/c1-11(2,3)10-9(7-15(4)14-10)12(5-6-12)13-8-16/h7H,5-6H2,1-4H3. The topological polar surface area (TPSA) is 47.2 Å². The largest absolute Gasteiger partial charge is 0.275 e. The third-order valence-corrected chi connectivity index (χ3v) is 3.02. The van der Waals surface area contributed by atoms with E-state index in [-0.39, 0.29) is 11.0 Å². The van der Waals surface area contributed by atoms with Crippen molar-refractivity contribution in [2.75, 3.05) is 0 Å². The molecular weight excluding hydrogens is 202 g/mol. The first-order valence-electron chi connectivity index (χ1n) is 5.53. The third-order valence-electron chi connectivity index (χ3n) is 3.02. The third kappa shape index (κ3) is 1.69. The summed E-state index contributed by atoms with van der Waals surface area (Å²) in [6, 6.07) is 0. The first-order valence-corrected chi connectivity index (χ1v) is 5.53. The maximum absolute atomic E-state index is 10.5. The van der Waals surface area contributed by atoms with Crippen LogP contribution < -0.4 is 0 Å². The van der Waals surface area contributed by atoms with Gasteiger partial charge in [0.05, 0.1) is 5.69 Å². The number of rotatable bonds is 2. The Hall–Kier alpha value is -1.41. The van der Waals surface area contributed by atoms with Crippen molar-refractivity contribution in [2.24, 2.45) is 12.0 Å². The van der Waals surface area contributed by atoms with Crippen molar-refractivity contribution in [3.63, 3.8) is 0 Å². The maximum atomic E-state index is 10.5. The number of aryl methyl sites for hydroxylation is 1. The summed E-state index contributed by atoms with van der Waals surface area (Å²) in [4.78, 5) is 14.4. The lowest BCUT2D eigenvalue weighted by Gasteiger charge is -2.19. The molecule has 1 aromatic heterocycles. The lowest BCUT2D eigenvalue weighted by Crippen LogP contribution is -2.18. The van der Waals surface area contributed by atoms with Crippen LogP contribution in [-0.4, -0.2) is 15.9 Å². The van der Waals surface area contributed by atoms with Crippen molar-refractivity contribution >= 4 is 6.08 Å². The van der Waals surface area contributed by atoms with E-state index in [0.717, 1.165) is 24.1 Å². The summed E-state index contributed by atoms with van der Waals surface area (Å²) < 4.78 is 1.80. The second-order valence-electron chi connectivity index (χ2n) is 5.55. The van der Waals surface area contributed by atoms with Gasteiger partial charge in [0.2, 0.25) is 6.08 Å². The van der Waals surface area contributed by atoms with Crippen molar-refractivity contribution < 1.29 is 4.79 Å². The Balaban J connectivity index is 2.53. The van der Waals surface area contributed by atoms with Gasteiger partial charge in [0.15, 0.2) is 0 Å². The number of nitrogens with zero attached hydrogens (tertiary/aromatic N) is 3. The van der Waals surface area contributed by atoms with E-state index in [1.54, 1.807) is 10.8 Å². The quantitative estimate of drug-likeness (QED) is 0.564. The van der Waals surface area contributed by atoms with Crippen LogP contribution in [0.15, 0.2) is 11.2 Å². The van der Waals surface area contributed by atoms with Crippen LogP contribution in [0.3, 0.4) is 0 Å². The van der Waals surface area contributed by atoms with Crippen LogP contribution in [0, 0.1) is 0 Å². The van der Waals surface area contributed by atoms with Gasteiger partial charge in [0.1, 0.15) is 5.54 Å². The molecule has 0 N–H and O–H groups in total. The molecule has 0 amide bonds. The minimum absolute atomic E-state index is 0.0232. The number of aliphatic imine (C=N–C) groups is 1. The zero-order valence-electron chi connectivity index (χ0n) is 10.2. The summed E-state index contributed by atoms with van der Waals surface area (Å²) >= 11 is 0. The molecule has 2 rings (SSSR count). The average Bonchev–Trinajstić information content (AvgIpc) is 2.81. The van der Waals surface area contributed by atoms with Gasteiger partial charge >= 0.3 is 0 Å². The number of hydrogen-bond donors (Lipinski definition) is 0. The first kappa shape index (κ1) is 11.1. The van der Waals surface area contributed by atoms with E-state index in [0.29, 0.717) is 0 Å². The molecule has 4 nitrogen and oxygen atoms in total. The molecule has 86 valence electrons. The molecule has 0 aliphatic heterocycles. The van der Waals surface area contributed by atoms with Crippen LogP contribution in [0.25, 0.3) is 0 Å². The number of hydrogen-bond acceptors (Lipinski definition) is 3. The molecule has 0 spiro atoms. The molecule has 1 heterocycles. The fraction of sp³-hybridized carbons (Fsp3) is 0.667. The molecule has 4 heteroatoms. The minimum atomic E-state index is -0.321. The van der Waals surface area contributed by atoms with E-state index in [9.17, 15) is 4.79 Å². The van der Waals surface area contributed by atoms with E-state index < -0.39 is 0 Å². The SMILES string of the molecule is Cn1cc(C2(N=C=O)CC2)c(C(C)(C)C)n1. The highest BCUT2D eigenvalue weighted by Gasteiger charge is 2.48. The summed E-state index contributed by atoms with van der Waals surface area (Å²) in [6.45, 7) is 6.37. The highest BCUT2D eigenvalue weighted by molar-refractivity contribution is 5.43. The Labute approximate surface area is 95.4 Å². The Bertz CT molecular complexity index is 457. The van der Waals surface area contributed by atoms with Gasteiger partial charge in [-0.2, -0.15) is 10.1 Å². The normalized spacial score (nSPS) is 18.0. The summed E-state index contributed by atoms with van der Waals surface area (Å²) in [6.07, 6.45) is 5.53. The minimum Gasteiger partial charge on any atom is -0.275 e. The Morgan fingerprint density at radius 2 is 2.12 bits per heavy atom. The van der Waals surface area contributed by atoms with Gasteiger partial charge in [0.25, 0.3) is 0 Å². The molecule has 1 aliphatic rings. The monoisotopic (exact) mass is 219 g/mol. The molecule has 0 saturated heterocycles. The maximum Gasteiger partial charge on any atom is 0.235 e. The van der Waals surface area contributed by atoms with Gasteiger partial charge in [-0.05, 0) is 12.8 Å². The molecule has 0 unspecified atom stereocenters. The van der Waals surface area contributed by atoms with Crippen molar-refractivity contribution in [2.45, 2.75) is 44.6 Å². The summed E-state index contributed by atoms with van der Waals surface area (Å²) in [5.41, 5.74) is 1.78. The van der Waals surface area contributed by atoms with Gasteiger partial charge in [-0.15, -0.1) is 0 Å². The highest BCUT2D eigenvalue weighted by Crippen LogP contribution is 2.51. The predicted molar refractivity (Wildman–Crippen MR) is 60.9 cm³/mol.